The first kappa shape index (κ1) is 57.4. The number of ether oxygens (including phenoxy) is 3. The van der Waals surface area contributed by atoms with Crippen LogP contribution in [0.1, 0.15) is 187 Å². The minimum absolute atomic E-state index is 0.0430. The highest BCUT2D eigenvalue weighted by molar-refractivity contribution is 5.76. The Morgan fingerprint density at radius 3 is 1.79 bits per heavy atom. The van der Waals surface area contributed by atoms with E-state index in [1.54, 1.807) is 6.08 Å². The van der Waals surface area contributed by atoms with Crippen LogP contribution < -0.4 is 5.32 Å². The number of aliphatic hydroxyl groups excluding tert-OH is 5. The second-order valence-electron chi connectivity index (χ2n) is 16.8. The van der Waals surface area contributed by atoms with Crippen LogP contribution in [0.2, 0.25) is 0 Å². The third-order valence-corrected chi connectivity index (χ3v) is 11.1. The smallest absolute Gasteiger partial charge is 0.305 e. The van der Waals surface area contributed by atoms with E-state index in [1.807, 2.05) is 18.2 Å². The molecule has 1 heterocycles. The van der Waals surface area contributed by atoms with E-state index in [4.69, 9.17) is 14.2 Å². The van der Waals surface area contributed by atoms with Crippen molar-refractivity contribution in [2.24, 2.45) is 0 Å². The minimum Gasteiger partial charge on any atom is -0.466 e. The molecule has 7 unspecified atom stereocenters. The quantitative estimate of drug-likeness (QED) is 0.0198. The molecule has 6 N–H and O–H groups in total. The summed E-state index contributed by atoms with van der Waals surface area (Å²) in [7, 11) is 0. The zero-order valence-electron chi connectivity index (χ0n) is 38.8. The largest absolute Gasteiger partial charge is 0.466 e. The molecule has 11 heteroatoms. The lowest BCUT2D eigenvalue weighted by Gasteiger charge is -2.40. The summed E-state index contributed by atoms with van der Waals surface area (Å²) in [6.07, 6.45) is 40.4. The summed E-state index contributed by atoms with van der Waals surface area (Å²) in [5.74, 6) is -0.325. The molecule has 0 aliphatic carbocycles. The number of allylic oxidation sites excluding steroid dienone is 9. The zero-order chi connectivity index (χ0) is 45.3. The van der Waals surface area contributed by atoms with Crippen molar-refractivity contribution in [2.45, 2.75) is 230 Å². The van der Waals surface area contributed by atoms with E-state index < -0.39 is 49.5 Å². The Balaban J connectivity index is 2.25. The van der Waals surface area contributed by atoms with Crippen LogP contribution in [0.4, 0.5) is 0 Å². The second-order valence-corrected chi connectivity index (χ2v) is 16.8. The molecule has 1 aliphatic rings. The number of carbonyl (C=O) groups excluding carboxylic acids is 2. The maximum atomic E-state index is 12.9. The third-order valence-electron chi connectivity index (χ3n) is 11.1. The van der Waals surface area contributed by atoms with E-state index >= 15 is 0 Å². The van der Waals surface area contributed by atoms with E-state index in [9.17, 15) is 35.1 Å². The molecule has 1 fully saturated rings. The summed E-state index contributed by atoms with van der Waals surface area (Å²) in [5.41, 5.74) is 0. The first-order valence-corrected chi connectivity index (χ1v) is 24.6. The number of amides is 1. The lowest BCUT2D eigenvalue weighted by Crippen LogP contribution is -2.60. The van der Waals surface area contributed by atoms with Gasteiger partial charge in [0.25, 0.3) is 0 Å². The SMILES string of the molecule is CC/C=C/CC/C=C/CC/C=C/C(O)C(COC1OC(CO)C(O)C(O)C1O)NC(=O)CC/C=C\C/C=C\CCCCCCCCOC(=O)CCCCCCCCCCCCC. The number of aliphatic hydroxyl groups is 5. The molecule has 0 bridgehead atoms. The molecule has 0 saturated carbocycles. The molecular weight excluding hydrogens is 787 g/mol. The number of nitrogens with one attached hydrogen (secondary N) is 1. The molecule has 1 amide bonds. The molecule has 0 aromatic heterocycles. The summed E-state index contributed by atoms with van der Waals surface area (Å²) >= 11 is 0. The summed E-state index contributed by atoms with van der Waals surface area (Å²) in [6, 6.07) is -0.877. The summed E-state index contributed by atoms with van der Waals surface area (Å²) < 4.78 is 16.6. The van der Waals surface area contributed by atoms with Gasteiger partial charge in [-0.25, -0.2) is 0 Å². The molecule has 0 aromatic carbocycles. The number of esters is 1. The number of carbonyl (C=O) groups is 2. The molecule has 1 rings (SSSR count). The van der Waals surface area contributed by atoms with Crippen molar-refractivity contribution in [3.05, 3.63) is 60.8 Å². The molecule has 1 aliphatic heterocycles. The summed E-state index contributed by atoms with van der Waals surface area (Å²) in [6.45, 7) is 4.07. The monoisotopic (exact) mass is 876 g/mol. The van der Waals surface area contributed by atoms with Gasteiger partial charge >= 0.3 is 5.97 Å². The molecule has 0 spiro atoms. The Labute approximate surface area is 376 Å². The van der Waals surface area contributed by atoms with Crippen LogP contribution in [-0.4, -0.2) is 100 Å². The topological polar surface area (TPSA) is 175 Å². The molecular formula is C51H89NO10. The number of unbranched alkanes of at least 4 members (excludes halogenated alkanes) is 18. The average molecular weight is 876 g/mol. The molecule has 0 radical (unpaired) electrons. The predicted molar refractivity (Wildman–Crippen MR) is 250 cm³/mol. The maximum Gasteiger partial charge on any atom is 0.305 e. The standard InChI is InChI=1S/C51H89NO10/c1-3-5-7-9-11-13-18-23-27-31-35-39-47(56)60-40-36-32-28-24-20-17-15-16-19-22-26-30-34-38-46(55)52-43(42-61-51-50(59)49(58)48(57)45(41-53)62-51)44(54)37-33-29-25-21-14-12-10-8-6-4-2/h6,8,14,16,19,21,26,30,33,37,43-45,48-51,53-54,57-59H,3-5,7,9-13,15,17-18,20,22-25,27-29,31-32,34-36,38-42H2,1-2H3,(H,52,55)/b8-6+,19-16-,21-14+,30-26-,37-33+. The molecule has 0 aromatic rings. The van der Waals surface area contributed by atoms with Gasteiger partial charge in [0.05, 0.1) is 32.0 Å². The van der Waals surface area contributed by atoms with Crippen molar-refractivity contribution in [3.8, 4) is 0 Å². The Kier molecular flexibility index (Phi) is 38.0. The van der Waals surface area contributed by atoms with Gasteiger partial charge in [-0.3, -0.25) is 9.59 Å². The molecule has 358 valence electrons. The lowest BCUT2D eigenvalue weighted by molar-refractivity contribution is -0.302. The minimum atomic E-state index is -1.60. The van der Waals surface area contributed by atoms with Crippen molar-refractivity contribution >= 4 is 11.9 Å². The highest BCUT2D eigenvalue weighted by atomic mass is 16.7. The Hall–Kier alpha value is -2.64. The molecule has 62 heavy (non-hydrogen) atoms. The highest BCUT2D eigenvalue weighted by Gasteiger charge is 2.44. The van der Waals surface area contributed by atoms with Gasteiger partial charge in [-0.2, -0.15) is 0 Å². The van der Waals surface area contributed by atoms with Crippen molar-refractivity contribution in [1.82, 2.24) is 5.32 Å². The Bertz CT molecular complexity index is 1220. The zero-order valence-corrected chi connectivity index (χ0v) is 38.8. The second kappa shape index (κ2) is 41.1. The third kappa shape index (κ3) is 31.2. The number of hydrogen-bond acceptors (Lipinski definition) is 10. The van der Waals surface area contributed by atoms with Crippen molar-refractivity contribution in [3.63, 3.8) is 0 Å². The normalized spacial score (nSPS) is 20.7. The van der Waals surface area contributed by atoms with Gasteiger partial charge in [0.1, 0.15) is 24.4 Å². The highest BCUT2D eigenvalue weighted by Crippen LogP contribution is 2.22. The van der Waals surface area contributed by atoms with E-state index in [-0.39, 0.29) is 24.9 Å². The van der Waals surface area contributed by atoms with E-state index in [0.717, 1.165) is 77.0 Å². The summed E-state index contributed by atoms with van der Waals surface area (Å²) in [5, 5.41) is 53.9. The predicted octanol–water partition coefficient (Wildman–Crippen LogP) is 9.55. The van der Waals surface area contributed by atoms with Crippen LogP contribution in [0.5, 0.6) is 0 Å². The first-order chi connectivity index (χ1) is 30.2. The van der Waals surface area contributed by atoms with Crippen LogP contribution in [0.3, 0.4) is 0 Å². The van der Waals surface area contributed by atoms with Gasteiger partial charge in [0.2, 0.25) is 5.91 Å². The van der Waals surface area contributed by atoms with Gasteiger partial charge in [0.15, 0.2) is 6.29 Å². The first-order valence-electron chi connectivity index (χ1n) is 24.6. The van der Waals surface area contributed by atoms with Crippen LogP contribution in [0.25, 0.3) is 0 Å². The van der Waals surface area contributed by atoms with Crippen LogP contribution in [0.15, 0.2) is 60.8 Å². The van der Waals surface area contributed by atoms with Crippen molar-refractivity contribution < 1.29 is 49.3 Å². The van der Waals surface area contributed by atoms with E-state index in [1.165, 1.54) is 70.6 Å². The fraction of sp³-hybridized carbons (Fsp3) is 0.765. The van der Waals surface area contributed by atoms with Crippen LogP contribution >= 0.6 is 0 Å². The van der Waals surface area contributed by atoms with Crippen molar-refractivity contribution in [1.29, 1.82) is 0 Å². The Morgan fingerprint density at radius 2 is 1.16 bits per heavy atom. The fourth-order valence-corrected chi connectivity index (χ4v) is 7.17. The van der Waals surface area contributed by atoms with Gasteiger partial charge in [-0.15, -0.1) is 0 Å². The van der Waals surface area contributed by atoms with E-state index in [2.05, 4.69) is 55.6 Å². The molecule has 7 atom stereocenters. The van der Waals surface area contributed by atoms with Gasteiger partial charge < -0.3 is 45.1 Å². The number of hydrogen-bond donors (Lipinski definition) is 6. The number of rotatable bonds is 40. The fourth-order valence-electron chi connectivity index (χ4n) is 7.17. The average Bonchev–Trinajstić information content (AvgIpc) is 3.27. The van der Waals surface area contributed by atoms with Gasteiger partial charge in [-0.1, -0.05) is 164 Å². The van der Waals surface area contributed by atoms with Crippen LogP contribution in [-0.2, 0) is 23.8 Å². The maximum absolute atomic E-state index is 12.9. The summed E-state index contributed by atoms with van der Waals surface area (Å²) in [4.78, 5) is 24.9. The van der Waals surface area contributed by atoms with Gasteiger partial charge in [0, 0.05) is 12.8 Å². The Morgan fingerprint density at radius 1 is 0.613 bits per heavy atom. The van der Waals surface area contributed by atoms with E-state index in [0.29, 0.717) is 25.9 Å². The lowest BCUT2D eigenvalue weighted by atomic mass is 9.99. The van der Waals surface area contributed by atoms with Gasteiger partial charge in [-0.05, 0) is 70.6 Å². The molecule has 1 saturated heterocycles. The van der Waals surface area contributed by atoms with Crippen molar-refractivity contribution in [2.75, 3.05) is 19.8 Å². The van der Waals surface area contributed by atoms with Crippen LogP contribution in [0, 0.1) is 0 Å². The molecule has 11 nitrogen and oxygen atoms in total.